The first-order valence-corrected chi connectivity index (χ1v) is 7.85. The zero-order valence-electron chi connectivity index (χ0n) is 12.2. The van der Waals surface area contributed by atoms with Gasteiger partial charge in [-0.15, -0.1) is 0 Å². The molecule has 1 heterocycles. The molecule has 0 unspecified atom stereocenters. The molecular formula is C15H15N3O4S. The first-order valence-electron chi connectivity index (χ1n) is 6.91. The summed E-state index contributed by atoms with van der Waals surface area (Å²) in [6, 6.07) is 7.49. The molecule has 0 aliphatic heterocycles. The summed E-state index contributed by atoms with van der Waals surface area (Å²) in [5, 5.41) is 19.6. The molecule has 2 rings (SSSR count). The molecule has 0 saturated carbocycles. The lowest BCUT2D eigenvalue weighted by molar-refractivity contribution is -0.384. The van der Waals surface area contributed by atoms with Crippen LogP contribution in [0.15, 0.2) is 41.1 Å². The normalized spacial score (nSPS) is 10.1. The maximum atomic E-state index is 11.8. The zero-order chi connectivity index (χ0) is 16.7. The molecule has 0 atom stereocenters. The first-order chi connectivity index (χ1) is 11.1. The van der Waals surface area contributed by atoms with E-state index < -0.39 is 4.92 Å². The van der Waals surface area contributed by atoms with Gasteiger partial charge in [0.05, 0.1) is 4.92 Å². The number of amides is 2. The minimum Gasteiger partial charge on any atom is -0.352 e. The molecule has 0 saturated heterocycles. The molecule has 0 bridgehead atoms. The summed E-state index contributed by atoms with van der Waals surface area (Å²) >= 11 is 1.44. The van der Waals surface area contributed by atoms with Crippen LogP contribution in [-0.2, 0) is 4.79 Å². The number of nitro benzene ring substituents is 1. The van der Waals surface area contributed by atoms with E-state index in [9.17, 15) is 19.7 Å². The minimum absolute atomic E-state index is 0.0779. The second kappa shape index (κ2) is 8.04. The Morgan fingerprint density at radius 2 is 2.09 bits per heavy atom. The van der Waals surface area contributed by atoms with Gasteiger partial charge in [0.25, 0.3) is 11.6 Å². The topological polar surface area (TPSA) is 101 Å². The van der Waals surface area contributed by atoms with Crippen molar-refractivity contribution in [3.63, 3.8) is 0 Å². The number of nitrogens with one attached hydrogen (secondary N) is 2. The fourth-order valence-corrected chi connectivity index (χ4v) is 2.50. The number of carbonyl (C=O) groups excluding carboxylic acids is 2. The Bertz CT molecular complexity index is 701. The third kappa shape index (κ3) is 5.19. The maximum absolute atomic E-state index is 11.8. The number of nitrogens with zero attached hydrogens (tertiary/aromatic N) is 1. The van der Waals surface area contributed by atoms with Gasteiger partial charge in [-0.3, -0.25) is 19.7 Å². The molecule has 1 aromatic carbocycles. The van der Waals surface area contributed by atoms with E-state index in [-0.39, 0.29) is 23.9 Å². The molecule has 7 nitrogen and oxygen atoms in total. The van der Waals surface area contributed by atoms with E-state index in [2.05, 4.69) is 10.6 Å². The van der Waals surface area contributed by atoms with Crippen molar-refractivity contribution < 1.29 is 14.5 Å². The maximum Gasteiger partial charge on any atom is 0.271 e. The van der Waals surface area contributed by atoms with Crippen LogP contribution < -0.4 is 10.6 Å². The van der Waals surface area contributed by atoms with Gasteiger partial charge in [-0.2, -0.15) is 11.3 Å². The number of anilines is 1. The van der Waals surface area contributed by atoms with Gasteiger partial charge in [0.1, 0.15) is 0 Å². The summed E-state index contributed by atoms with van der Waals surface area (Å²) in [5.41, 5.74) is 0.911. The van der Waals surface area contributed by atoms with Gasteiger partial charge in [0.2, 0.25) is 5.91 Å². The number of benzene rings is 1. The van der Waals surface area contributed by atoms with Crippen molar-refractivity contribution in [1.82, 2.24) is 5.32 Å². The predicted molar refractivity (Wildman–Crippen MR) is 87.6 cm³/mol. The number of rotatable bonds is 7. The monoisotopic (exact) mass is 333 g/mol. The molecule has 8 heteroatoms. The Morgan fingerprint density at radius 3 is 2.78 bits per heavy atom. The molecule has 1 aromatic heterocycles. The molecular weight excluding hydrogens is 318 g/mol. The highest BCUT2D eigenvalue weighted by Gasteiger charge is 2.09. The number of hydrogen-bond acceptors (Lipinski definition) is 5. The summed E-state index contributed by atoms with van der Waals surface area (Å²) in [5.74, 6) is -0.416. The number of hydrogen-bond donors (Lipinski definition) is 2. The fraction of sp³-hybridized carbons (Fsp3) is 0.200. The highest BCUT2D eigenvalue weighted by molar-refractivity contribution is 7.08. The lowest BCUT2D eigenvalue weighted by atomic mass is 10.2. The third-order valence-electron chi connectivity index (χ3n) is 2.99. The van der Waals surface area contributed by atoms with Crippen LogP contribution in [0.25, 0.3) is 0 Å². The van der Waals surface area contributed by atoms with Crippen LogP contribution in [0.5, 0.6) is 0 Å². The van der Waals surface area contributed by atoms with E-state index in [1.165, 1.54) is 29.5 Å². The number of thiophene rings is 1. The molecule has 23 heavy (non-hydrogen) atoms. The van der Waals surface area contributed by atoms with Crippen LogP contribution in [-0.4, -0.2) is 23.3 Å². The van der Waals surface area contributed by atoms with Crippen LogP contribution in [0.1, 0.15) is 23.2 Å². The molecule has 0 aliphatic rings. The molecule has 2 amide bonds. The van der Waals surface area contributed by atoms with Crippen molar-refractivity contribution in [2.24, 2.45) is 0 Å². The lowest BCUT2D eigenvalue weighted by Gasteiger charge is -2.06. The second-order valence-corrected chi connectivity index (χ2v) is 5.51. The van der Waals surface area contributed by atoms with Gasteiger partial charge in [0.15, 0.2) is 0 Å². The van der Waals surface area contributed by atoms with E-state index in [1.54, 1.807) is 17.5 Å². The predicted octanol–water partition coefficient (Wildman–Crippen LogP) is 2.81. The Morgan fingerprint density at radius 1 is 1.26 bits per heavy atom. The largest absolute Gasteiger partial charge is 0.352 e. The molecule has 0 spiro atoms. The van der Waals surface area contributed by atoms with E-state index in [4.69, 9.17) is 0 Å². The van der Waals surface area contributed by atoms with Crippen molar-refractivity contribution in [3.05, 3.63) is 56.8 Å². The van der Waals surface area contributed by atoms with E-state index in [0.717, 1.165) is 0 Å². The summed E-state index contributed by atoms with van der Waals surface area (Å²) in [6.07, 6.45) is 0.698. The van der Waals surface area contributed by atoms with Crippen LogP contribution >= 0.6 is 11.3 Å². The SMILES string of the molecule is O=C(CCCNC(=O)c1ccsc1)Nc1cccc([N+](=O)[O-])c1. The van der Waals surface area contributed by atoms with E-state index in [1.807, 2.05) is 5.38 Å². The van der Waals surface area contributed by atoms with Gasteiger partial charge >= 0.3 is 0 Å². The molecule has 2 aromatic rings. The zero-order valence-corrected chi connectivity index (χ0v) is 13.0. The smallest absolute Gasteiger partial charge is 0.271 e. The van der Waals surface area contributed by atoms with Crippen molar-refractivity contribution in [3.8, 4) is 0 Å². The van der Waals surface area contributed by atoms with Gasteiger partial charge in [0, 0.05) is 41.7 Å². The van der Waals surface area contributed by atoms with Crippen LogP contribution in [0.4, 0.5) is 11.4 Å². The third-order valence-corrected chi connectivity index (χ3v) is 3.67. The standard InChI is InChI=1S/C15H15N3O4S/c19-14(17-12-3-1-4-13(9-12)18(21)22)5-2-7-16-15(20)11-6-8-23-10-11/h1,3-4,6,8-10H,2,5,7H2,(H,16,20)(H,17,19). The number of carbonyl (C=O) groups is 2. The van der Waals surface area contributed by atoms with Crippen LogP contribution in [0, 0.1) is 10.1 Å². The highest BCUT2D eigenvalue weighted by atomic mass is 32.1. The van der Waals surface area contributed by atoms with E-state index in [0.29, 0.717) is 24.2 Å². The quantitative estimate of drug-likeness (QED) is 0.462. The Hall–Kier alpha value is -2.74. The Balaban J connectivity index is 1.72. The second-order valence-electron chi connectivity index (χ2n) is 4.73. The van der Waals surface area contributed by atoms with Gasteiger partial charge in [-0.1, -0.05) is 6.07 Å². The van der Waals surface area contributed by atoms with Crippen molar-refractivity contribution in [2.75, 3.05) is 11.9 Å². The van der Waals surface area contributed by atoms with Crippen LogP contribution in [0.3, 0.4) is 0 Å². The van der Waals surface area contributed by atoms with Gasteiger partial charge in [-0.05, 0) is 23.9 Å². The molecule has 2 N–H and O–H groups in total. The average molecular weight is 333 g/mol. The van der Waals surface area contributed by atoms with Crippen molar-refractivity contribution in [2.45, 2.75) is 12.8 Å². The number of non-ortho nitro benzene ring substituents is 1. The van der Waals surface area contributed by atoms with Crippen molar-refractivity contribution >= 4 is 34.5 Å². The Labute approximate surface area is 136 Å². The lowest BCUT2D eigenvalue weighted by Crippen LogP contribution is -2.25. The summed E-state index contributed by atoms with van der Waals surface area (Å²) < 4.78 is 0. The van der Waals surface area contributed by atoms with Crippen LogP contribution in [0.2, 0.25) is 0 Å². The minimum atomic E-state index is -0.518. The molecule has 0 radical (unpaired) electrons. The first kappa shape index (κ1) is 16.6. The summed E-state index contributed by atoms with van der Waals surface area (Å²) in [6.45, 7) is 0.386. The fourth-order valence-electron chi connectivity index (χ4n) is 1.87. The van der Waals surface area contributed by atoms with Crippen molar-refractivity contribution in [1.29, 1.82) is 0 Å². The molecule has 0 aliphatic carbocycles. The van der Waals surface area contributed by atoms with Gasteiger partial charge < -0.3 is 10.6 Å². The Kier molecular flexibility index (Phi) is 5.81. The molecule has 0 fully saturated rings. The summed E-state index contributed by atoms with van der Waals surface area (Å²) in [4.78, 5) is 33.6. The molecule has 120 valence electrons. The highest BCUT2D eigenvalue weighted by Crippen LogP contribution is 2.17. The summed E-state index contributed by atoms with van der Waals surface area (Å²) in [7, 11) is 0. The number of nitro groups is 1. The average Bonchev–Trinajstić information content (AvgIpc) is 3.06. The van der Waals surface area contributed by atoms with Gasteiger partial charge in [-0.25, -0.2) is 0 Å². The van der Waals surface area contributed by atoms with E-state index >= 15 is 0 Å².